The summed E-state index contributed by atoms with van der Waals surface area (Å²) in [4.78, 5) is 22.9. The zero-order chi connectivity index (χ0) is 17.7. The number of ether oxygens (including phenoxy) is 2. The second kappa shape index (κ2) is 9.43. The number of rotatable bonds is 8. The molecule has 140 valence electrons. The van der Waals surface area contributed by atoms with E-state index in [2.05, 4.69) is 10.6 Å². The first-order chi connectivity index (χ1) is 11.5. The van der Waals surface area contributed by atoms with Crippen LogP contribution in [0.15, 0.2) is 12.1 Å². The van der Waals surface area contributed by atoms with Gasteiger partial charge in [-0.1, -0.05) is 6.92 Å². The number of carbonyl (C=O) groups is 1. The second-order valence-corrected chi connectivity index (χ2v) is 5.84. The number of halogens is 1. The summed E-state index contributed by atoms with van der Waals surface area (Å²) in [5.41, 5.74) is 0.453. The van der Waals surface area contributed by atoms with Crippen LogP contribution in [0.2, 0.25) is 0 Å². The topological polar surface area (TPSA) is 103 Å². The minimum absolute atomic E-state index is 0. The maximum Gasteiger partial charge on any atom is 0.276 e. The van der Waals surface area contributed by atoms with Gasteiger partial charge in [0.1, 0.15) is 0 Å². The van der Waals surface area contributed by atoms with Gasteiger partial charge in [0.05, 0.1) is 25.2 Å². The summed E-state index contributed by atoms with van der Waals surface area (Å²) < 4.78 is 10.3. The molecule has 1 heterocycles. The molecule has 2 N–H and O–H groups in total. The van der Waals surface area contributed by atoms with Gasteiger partial charge in [0, 0.05) is 18.0 Å². The van der Waals surface area contributed by atoms with E-state index in [-0.39, 0.29) is 29.9 Å². The Hall–Kier alpha value is -2.06. The van der Waals surface area contributed by atoms with E-state index < -0.39 is 4.92 Å². The summed E-state index contributed by atoms with van der Waals surface area (Å²) >= 11 is 0. The Morgan fingerprint density at radius 2 is 1.96 bits per heavy atom. The number of nitrogens with zero attached hydrogens (tertiary/aromatic N) is 1. The molecule has 0 saturated carbocycles. The first-order valence-electron chi connectivity index (χ1n) is 7.85. The zero-order valence-corrected chi connectivity index (χ0v) is 15.4. The third-order valence-electron chi connectivity index (χ3n) is 4.41. The molecular formula is C16H24ClN3O5. The molecule has 1 fully saturated rings. The number of carbonyl (C=O) groups excluding carboxylic acids is 1. The van der Waals surface area contributed by atoms with E-state index in [9.17, 15) is 14.9 Å². The lowest BCUT2D eigenvalue weighted by Crippen LogP contribution is -2.49. The smallest absolute Gasteiger partial charge is 0.276 e. The highest BCUT2D eigenvalue weighted by molar-refractivity contribution is 5.85. The SMILES string of the molecule is COc1cc(CCNC(=O)C(C)C2CNC2)c([N+](=O)[O-])cc1OC.Cl. The van der Waals surface area contributed by atoms with Gasteiger partial charge in [-0.05, 0) is 31.5 Å². The fourth-order valence-corrected chi connectivity index (χ4v) is 2.64. The monoisotopic (exact) mass is 373 g/mol. The van der Waals surface area contributed by atoms with Crippen LogP contribution in [0, 0.1) is 22.0 Å². The lowest BCUT2D eigenvalue weighted by Gasteiger charge is -2.31. The lowest BCUT2D eigenvalue weighted by molar-refractivity contribution is -0.385. The van der Waals surface area contributed by atoms with Gasteiger partial charge in [0.2, 0.25) is 5.91 Å². The van der Waals surface area contributed by atoms with Crippen molar-refractivity contribution in [1.82, 2.24) is 10.6 Å². The summed E-state index contributed by atoms with van der Waals surface area (Å²) in [6, 6.07) is 2.93. The summed E-state index contributed by atoms with van der Waals surface area (Å²) in [6.07, 6.45) is 0.345. The van der Waals surface area contributed by atoms with Crippen molar-refractivity contribution in [3.05, 3.63) is 27.8 Å². The Kier molecular flexibility index (Phi) is 7.92. The van der Waals surface area contributed by atoms with Crippen molar-refractivity contribution >= 4 is 24.0 Å². The predicted molar refractivity (Wildman–Crippen MR) is 95.7 cm³/mol. The largest absolute Gasteiger partial charge is 0.493 e. The summed E-state index contributed by atoms with van der Waals surface area (Å²) in [5, 5.41) is 17.2. The van der Waals surface area contributed by atoms with Crippen LogP contribution in [0.1, 0.15) is 12.5 Å². The van der Waals surface area contributed by atoms with Gasteiger partial charge < -0.3 is 20.1 Å². The molecule has 0 bridgehead atoms. The van der Waals surface area contributed by atoms with Gasteiger partial charge in [-0.15, -0.1) is 12.4 Å². The molecule has 0 aliphatic carbocycles. The zero-order valence-electron chi connectivity index (χ0n) is 14.5. The van der Waals surface area contributed by atoms with Crippen LogP contribution in [0.25, 0.3) is 0 Å². The summed E-state index contributed by atoms with van der Waals surface area (Å²) in [5.74, 6) is 1.01. The maximum absolute atomic E-state index is 12.1. The average molecular weight is 374 g/mol. The Morgan fingerprint density at radius 3 is 2.44 bits per heavy atom. The van der Waals surface area contributed by atoms with Crippen LogP contribution >= 0.6 is 12.4 Å². The van der Waals surface area contributed by atoms with Gasteiger partial charge in [-0.25, -0.2) is 0 Å². The van der Waals surface area contributed by atoms with Crippen molar-refractivity contribution in [2.75, 3.05) is 33.9 Å². The number of methoxy groups -OCH3 is 2. The predicted octanol–water partition coefficient (Wildman–Crippen LogP) is 1.55. The molecule has 1 amide bonds. The van der Waals surface area contributed by atoms with E-state index in [0.29, 0.717) is 35.9 Å². The molecule has 1 aromatic rings. The molecule has 1 unspecified atom stereocenters. The van der Waals surface area contributed by atoms with Gasteiger partial charge in [-0.3, -0.25) is 14.9 Å². The van der Waals surface area contributed by atoms with E-state index in [1.807, 2.05) is 6.92 Å². The second-order valence-electron chi connectivity index (χ2n) is 5.84. The number of benzene rings is 1. The van der Waals surface area contributed by atoms with Crippen molar-refractivity contribution in [3.63, 3.8) is 0 Å². The van der Waals surface area contributed by atoms with Gasteiger partial charge in [0.25, 0.3) is 5.69 Å². The quantitative estimate of drug-likeness (QED) is 0.529. The number of hydrogen-bond acceptors (Lipinski definition) is 6. The highest BCUT2D eigenvalue weighted by Gasteiger charge is 2.28. The van der Waals surface area contributed by atoms with E-state index in [1.54, 1.807) is 6.07 Å². The molecule has 1 aliphatic heterocycles. The molecule has 8 nitrogen and oxygen atoms in total. The fraction of sp³-hybridized carbons (Fsp3) is 0.562. The summed E-state index contributed by atoms with van der Waals surface area (Å²) in [6.45, 7) is 3.95. The molecule has 9 heteroatoms. The molecule has 25 heavy (non-hydrogen) atoms. The number of nitro benzene ring substituents is 1. The van der Waals surface area contributed by atoms with Crippen molar-refractivity contribution < 1.29 is 19.2 Å². The Morgan fingerprint density at radius 1 is 1.36 bits per heavy atom. The highest BCUT2D eigenvalue weighted by atomic mass is 35.5. The van der Waals surface area contributed by atoms with E-state index >= 15 is 0 Å². The molecule has 0 aromatic heterocycles. The van der Waals surface area contributed by atoms with Crippen LogP contribution in [0.5, 0.6) is 11.5 Å². The number of nitrogens with one attached hydrogen (secondary N) is 2. The molecule has 0 radical (unpaired) electrons. The number of amides is 1. The molecular weight excluding hydrogens is 350 g/mol. The van der Waals surface area contributed by atoms with Crippen LogP contribution in [-0.4, -0.2) is 44.7 Å². The van der Waals surface area contributed by atoms with Crippen LogP contribution in [0.4, 0.5) is 5.69 Å². The van der Waals surface area contributed by atoms with Gasteiger partial charge >= 0.3 is 0 Å². The standard InChI is InChI=1S/C16H23N3O5.ClH/c1-10(12-8-17-9-12)16(20)18-5-4-11-6-14(23-2)15(24-3)7-13(11)19(21)22;/h6-7,10,12,17H,4-5,8-9H2,1-3H3,(H,18,20);1H. The molecule has 1 saturated heterocycles. The minimum Gasteiger partial charge on any atom is -0.493 e. The first kappa shape index (κ1) is 21.0. The van der Waals surface area contributed by atoms with Crippen molar-refractivity contribution in [3.8, 4) is 11.5 Å². The molecule has 1 aliphatic rings. The average Bonchev–Trinajstić information content (AvgIpc) is 2.52. The first-order valence-corrected chi connectivity index (χ1v) is 7.85. The van der Waals surface area contributed by atoms with E-state index in [0.717, 1.165) is 13.1 Å². The van der Waals surface area contributed by atoms with E-state index in [1.165, 1.54) is 20.3 Å². The Bertz CT molecular complexity index is 622. The Labute approximate surface area is 152 Å². The lowest BCUT2D eigenvalue weighted by atomic mass is 9.88. The fourth-order valence-electron chi connectivity index (χ4n) is 2.64. The van der Waals surface area contributed by atoms with Gasteiger partial charge in [0.15, 0.2) is 11.5 Å². The van der Waals surface area contributed by atoms with Crippen molar-refractivity contribution in [2.24, 2.45) is 11.8 Å². The maximum atomic E-state index is 12.1. The number of hydrogen-bond donors (Lipinski definition) is 2. The van der Waals surface area contributed by atoms with Crippen molar-refractivity contribution in [2.45, 2.75) is 13.3 Å². The van der Waals surface area contributed by atoms with Crippen molar-refractivity contribution in [1.29, 1.82) is 0 Å². The third-order valence-corrected chi connectivity index (χ3v) is 4.41. The summed E-state index contributed by atoms with van der Waals surface area (Å²) in [7, 11) is 2.90. The normalized spacial score (nSPS) is 14.7. The van der Waals surface area contributed by atoms with Gasteiger partial charge in [-0.2, -0.15) is 0 Å². The molecule has 2 rings (SSSR count). The minimum atomic E-state index is -0.457. The molecule has 1 atom stereocenters. The molecule has 0 spiro atoms. The van der Waals surface area contributed by atoms with E-state index in [4.69, 9.17) is 9.47 Å². The molecule has 1 aromatic carbocycles. The van der Waals surface area contributed by atoms with Crippen LogP contribution < -0.4 is 20.1 Å². The van der Waals surface area contributed by atoms with Crippen LogP contribution in [-0.2, 0) is 11.2 Å². The number of nitro groups is 1. The highest BCUT2D eigenvalue weighted by Crippen LogP contribution is 2.34. The van der Waals surface area contributed by atoms with Crippen LogP contribution in [0.3, 0.4) is 0 Å². The third kappa shape index (κ3) is 4.96. The Balaban J connectivity index is 0.00000312.